The average molecular weight is 233 g/mol. The van der Waals surface area contributed by atoms with E-state index in [0.29, 0.717) is 0 Å². The maximum absolute atomic E-state index is 4.65. The number of hydrogen-bond acceptors (Lipinski definition) is 1. The van der Waals surface area contributed by atoms with Crippen LogP contribution in [0.2, 0.25) is 0 Å². The molecular formula is C16H27N. The Morgan fingerprint density at radius 1 is 1.00 bits per heavy atom. The van der Waals surface area contributed by atoms with E-state index in [0.717, 1.165) is 18.3 Å². The molecule has 0 amide bonds. The summed E-state index contributed by atoms with van der Waals surface area (Å²) in [4.78, 5) is 4.65. The lowest BCUT2D eigenvalue weighted by Crippen LogP contribution is -2.04. The van der Waals surface area contributed by atoms with Crippen LogP contribution in [0.15, 0.2) is 12.1 Å². The first-order valence-electron chi connectivity index (χ1n) is 7.01. The largest absolute Gasteiger partial charge is 0.258 e. The molecule has 1 aromatic heterocycles. The van der Waals surface area contributed by atoms with Crippen LogP contribution in [-0.2, 0) is 12.8 Å². The van der Waals surface area contributed by atoms with Gasteiger partial charge in [-0.3, -0.25) is 4.98 Å². The van der Waals surface area contributed by atoms with Crippen LogP contribution in [0.25, 0.3) is 0 Å². The van der Waals surface area contributed by atoms with Crippen molar-refractivity contribution in [1.82, 2.24) is 4.98 Å². The minimum absolute atomic E-state index is 0.737. The number of pyridine rings is 1. The van der Waals surface area contributed by atoms with Crippen molar-refractivity contribution in [2.24, 2.45) is 11.8 Å². The minimum atomic E-state index is 0.737. The van der Waals surface area contributed by atoms with Crippen molar-refractivity contribution in [3.63, 3.8) is 0 Å². The fourth-order valence-electron chi connectivity index (χ4n) is 2.09. The summed E-state index contributed by atoms with van der Waals surface area (Å²) >= 11 is 0. The van der Waals surface area contributed by atoms with E-state index in [9.17, 15) is 0 Å². The summed E-state index contributed by atoms with van der Waals surface area (Å²) in [6.07, 6.45) is 4.79. The zero-order valence-corrected chi connectivity index (χ0v) is 12.1. The van der Waals surface area contributed by atoms with Crippen LogP contribution in [-0.4, -0.2) is 4.98 Å². The molecule has 0 aliphatic rings. The SMILES string of the molecule is CCC(C)Cc1cc(C)nc(CC(C)CC)c1. The quantitative estimate of drug-likeness (QED) is 0.701. The molecule has 0 saturated carbocycles. The molecule has 0 N–H and O–H groups in total. The van der Waals surface area contributed by atoms with Gasteiger partial charge in [-0.15, -0.1) is 0 Å². The lowest BCUT2D eigenvalue weighted by atomic mass is 9.96. The van der Waals surface area contributed by atoms with Crippen molar-refractivity contribution in [2.45, 2.75) is 60.3 Å². The van der Waals surface area contributed by atoms with Gasteiger partial charge < -0.3 is 0 Å². The number of aryl methyl sites for hydroxylation is 1. The van der Waals surface area contributed by atoms with Gasteiger partial charge >= 0.3 is 0 Å². The lowest BCUT2D eigenvalue weighted by molar-refractivity contribution is 0.545. The Morgan fingerprint density at radius 2 is 1.59 bits per heavy atom. The third-order valence-corrected chi connectivity index (χ3v) is 3.60. The van der Waals surface area contributed by atoms with Gasteiger partial charge in [0.1, 0.15) is 0 Å². The first kappa shape index (κ1) is 14.2. The highest BCUT2D eigenvalue weighted by Crippen LogP contribution is 2.16. The molecule has 0 aromatic carbocycles. The molecule has 1 nitrogen and oxygen atoms in total. The topological polar surface area (TPSA) is 12.9 Å². The van der Waals surface area contributed by atoms with E-state index in [2.05, 4.69) is 51.7 Å². The van der Waals surface area contributed by atoms with Crippen LogP contribution in [0.4, 0.5) is 0 Å². The molecule has 0 aliphatic heterocycles. The first-order valence-corrected chi connectivity index (χ1v) is 7.01. The van der Waals surface area contributed by atoms with Crippen molar-refractivity contribution in [2.75, 3.05) is 0 Å². The minimum Gasteiger partial charge on any atom is -0.258 e. The highest BCUT2D eigenvalue weighted by Gasteiger charge is 2.07. The summed E-state index contributed by atoms with van der Waals surface area (Å²) in [5, 5.41) is 0. The van der Waals surface area contributed by atoms with Crippen LogP contribution in [0.5, 0.6) is 0 Å². The van der Waals surface area contributed by atoms with E-state index in [-0.39, 0.29) is 0 Å². The Balaban J connectivity index is 2.79. The van der Waals surface area contributed by atoms with Gasteiger partial charge in [0.2, 0.25) is 0 Å². The Bertz CT molecular complexity index is 313. The summed E-state index contributed by atoms with van der Waals surface area (Å²) < 4.78 is 0. The third-order valence-electron chi connectivity index (χ3n) is 3.60. The molecule has 96 valence electrons. The van der Waals surface area contributed by atoms with Crippen molar-refractivity contribution < 1.29 is 0 Å². The lowest BCUT2D eigenvalue weighted by Gasteiger charge is -2.13. The van der Waals surface area contributed by atoms with E-state index in [4.69, 9.17) is 0 Å². The van der Waals surface area contributed by atoms with Gasteiger partial charge in [-0.25, -0.2) is 0 Å². The standard InChI is InChI=1S/C16H27N/c1-6-12(3)8-15-10-14(5)17-16(11-15)9-13(4)7-2/h10-13H,6-9H2,1-5H3. The summed E-state index contributed by atoms with van der Waals surface area (Å²) in [7, 11) is 0. The molecule has 1 rings (SSSR count). The molecule has 0 radical (unpaired) electrons. The Kier molecular flexibility index (Phi) is 5.67. The maximum Gasteiger partial charge on any atom is 0.0412 e. The molecule has 1 aromatic rings. The third kappa shape index (κ3) is 4.89. The molecule has 1 heteroatoms. The number of rotatable bonds is 6. The molecule has 17 heavy (non-hydrogen) atoms. The number of nitrogens with zero attached hydrogens (tertiary/aromatic N) is 1. The summed E-state index contributed by atoms with van der Waals surface area (Å²) in [6.45, 7) is 11.3. The van der Waals surface area contributed by atoms with Gasteiger partial charge in [-0.05, 0) is 49.3 Å². The van der Waals surface area contributed by atoms with E-state index < -0.39 is 0 Å². The molecule has 0 saturated heterocycles. The van der Waals surface area contributed by atoms with Crippen LogP contribution in [0.3, 0.4) is 0 Å². The van der Waals surface area contributed by atoms with Crippen LogP contribution in [0.1, 0.15) is 57.5 Å². The fourth-order valence-corrected chi connectivity index (χ4v) is 2.09. The predicted octanol–water partition coefficient (Wildman–Crippen LogP) is 4.57. The van der Waals surface area contributed by atoms with Crippen LogP contribution >= 0.6 is 0 Å². The molecule has 0 aliphatic carbocycles. The van der Waals surface area contributed by atoms with E-state index in [1.54, 1.807) is 0 Å². The summed E-state index contributed by atoms with van der Waals surface area (Å²) in [6, 6.07) is 4.55. The van der Waals surface area contributed by atoms with Crippen molar-refractivity contribution in [3.05, 3.63) is 29.1 Å². The highest BCUT2D eigenvalue weighted by molar-refractivity contribution is 5.21. The van der Waals surface area contributed by atoms with Gasteiger partial charge in [0, 0.05) is 11.4 Å². The maximum atomic E-state index is 4.65. The smallest absolute Gasteiger partial charge is 0.0412 e. The van der Waals surface area contributed by atoms with Gasteiger partial charge in [-0.2, -0.15) is 0 Å². The zero-order valence-electron chi connectivity index (χ0n) is 12.1. The van der Waals surface area contributed by atoms with Crippen molar-refractivity contribution in [3.8, 4) is 0 Å². The van der Waals surface area contributed by atoms with Crippen LogP contribution in [0, 0.1) is 18.8 Å². The fraction of sp³-hybridized carbons (Fsp3) is 0.688. The molecule has 0 spiro atoms. The number of aromatic nitrogens is 1. The molecule has 2 unspecified atom stereocenters. The van der Waals surface area contributed by atoms with Gasteiger partial charge in [0.15, 0.2) is 0 Å². The molecule has 0 fully saturated rings. The van der Waals surface area contributed by atoms with E-state index in [1.807, 2.05) is 0 Å². The molecule has 1 heterocycles. The second-order valence-electron chi connectivity index (χ2n) is 5.54. The predicted molar refractivity (Wildman–Crippen MR) is 75.3 cm³/mol. The van der Waals surface area contributed by atoms with Gasteiger partial charge in [0.05, 0.1) is 0 Å². The van der Waals surface area contributed by atoms with E-state index >= 15 is 0 Å². The monoisotopic (exact) mass is 233 g/mol. The highest BCUT2D eigenvalue weighted by atomic mass is 14.7. The second kappa shape index (κ2) is 6.78. The first-order chi connectivity index (χ1) is 8.05. The molecule has 2 atom stereocenters. The molecule has 0 bridgehead atoms. The Hall–Kier alpha value is -0.850. The van der Waals surface area contributed by atoms with Crippen LogP contribution < -0.4 is 0 Å². The van der Waals surface area contributed by atoms with E-state index in [1.165, 1.54) is 36.2 Å². The number of hydrogen-bond donors (Lipinski definition) is 0. The van der Waals surface area contributed by atoms with Gasteiger partial charge in [0.25, 0.3) is 0 Å². The molecular weight excluding hydrogens is 206 g/mol. The van der Waals surface area contributed by atoms with Gasteiger partial charge in [-0.1, -0.05) is 40.5 Å². The Labute approximate surface area is 107 Å². The zero-order chi connectivity index (χ0) is 12.8. The van der Waals surface area contributed by atoms with Crippen molar-refractivity contribution >= 4 is 0 Å². The Morgan fingerprint density at radius 3 is 2.18 bits per heavy atom. The van der Waals surface area contributed by atoms with Crippen molar-refractivity contribution in [1.29, 1.82) is 0 Å². The summed E-state index contributed by atoms with van der Waals surface area (Å²) in [5.41, 5.74) is 3.91. The normalized spacial score (nSPS) is 14.6. The average Bonchev–Trinajstić information content (AvgIpc) is 2.27. The second-order valence-corrected chi connectivity index (χ2v) is 5.54. The summed E-state index contributed by atoms with van der Waals surface area (Å²) in [5.74, 6) is 1.51.